The summed E-state index contributed by atoms with van der Waals surface area (Å²) in [5.41, 5.74) is 0. The van der Waals surface area contributed by atoms with E-state index in [1.807, 2.05) is 6.92 Å². The topological polar surface area (TPSA) is 9.23 Å². The molecule has 1 nitrogen and oxygen atoms in total. The van der Waals surface area contributed by atoms with E-state index in [4.69, 9.17) is 27.9 Å². The Bertz CT molecular complexity index is 128. The van der Waals surface area contributed by atoms with Crippen molar-refractivity contribution in [2.24, 2.45) is 0 Å². The molecule has 0 amide bonds. The van der Waals surface area contributed by atoms with Gasteiger partial charge in [-0.15, -0.1) is 23.2 Å². The zero-order valence-corrected chi connectivity index (χ0v) is 10.9. The van der Waals surface area contributed by atoms with Gasteiger partial charge in [-0.05, 0) is 19.8 Å². The number of halogens is 2. The van der Waals surface area contributed by atoms with Crippen molar-refractivity contribution in [1.29, 1.82) is 0 Å². The maximum Gasteiger partial charge on any atom is 0.133 e. The lowest BCUT2D eigenvalue weighted by Crippen LogP contribution is -2.24. The fourth-order valence-electron chi connectivity index (χ4n) is 1.35. The Hall–Kier alpha value is 0.540. The molecule has 0 aliphatic rings. The summed E-state index contributed by atoms with van der Waals surface area (Å²) >= 11 is 11.5. The third kappa shape index (κ3) is 6.92. The van der Waals surface area contributed by atoms with E-state index in [0.29, 0.717) is 6.10 Å². The van der Waals surface area contributed by atoms with E-state index < -0.39 is 4.84 Å². The molecule has 0 aromatic heterocycles. The van der Waals surface area contributed by atoms with Crippen LogP contribution in [0.1, 0.15) is 52.9 Å². The number of alkyl halides is 2. The second kappa shape index (κ2) is 8.82. The molecule has 0 aromatic rings. The summed E-state index contributed by atoms with van der Waals surface area (Å²) in [5, 5.41) is 0. The third-order valence-corrected chi connectivity index (χ3v) is 3.06. The summed E-state index contributed by atoms with van der Waals surface area (Å²) in [6.45, 7) is 6.27. The van der Waals surface area contributed by atoms with Gasteiger partial charge in [0.1, 0.15) is 4.84 Å². The molecule has 0 rings (SSSR count). The van der Waals surface area contributed by atoms with Gasteiger partial charge in [-0.3, -0.25) is 0 Å². The summed E-state index contributed by atoms with van der Waals surface area (Å²) in [7, 11) is 0. The lowest BCUT2D eigenvalue weighted by molar-refractivity contribution is -0.00265. The molecule has 0 fully saturated rings. The predicted molar refractivity (Wildman–Crippen MR) is 64.3 cm³/mol. The summed E-state index contributed by atoms with van der Waals surface area (Å²) in [6.07, 6.45) is 6.17. The molecule has 0 saturated heterocycles. The molecule has 0 heterocycles. The molecule has 0 saturated carbocycles. The largest absolute Gasteiger partial charge is 0.372 e. The number of rotatable bonds is 8. The summed E-state index contributed by atoms with van der Waals surface area (Å²) in [4.78, 5) is -0.421. The van der Waals surface area contributed by atoms with E-state index in [1.165, 1.54) is 19.3 Å². The fourth-order valence-corrected chi connectivity index (χ4v) is 1.47. The van der Waals surface area contributed by atoms with Gasteiger partial charge in [0.2, 0.25) is 0 Å². The van der Waals surface area contributed by atoms with Crippen LogP contribution >= 0.6 is 23.2 Å². The number of hydrogen-bond acceptors (Lipinski definition) is 1. The van der Waals surface area contributed by atoms with Gasteiger partial charge in [-0.1, -0.05) is 33.1 Å². The standard InChI is InChI=1S/C11H22Cl2O/c1-4-6-7-8-10(5-2)14-9(3)11(12)13/h9-11H,4-8H2,1-3H3. The highest BCUT2D eigenvalue weighted by atomic mass is 35.5. The Morgan fingerprint density at radius 1 is 1.14 bits per heavy atom. The van der Waals surface area contributed by atoms with Crippen LogP contribution in [0.4, 0.5) is 0 Å². The lowest BCUT2D eigenvalue weighted by Gasteiger charge is -2.22. The van der Waals surface area contributed by atoms with Crippen molar-refractivity contribution < 1.29 is 4.74 Å². The van der Waals surface area contributed by atoms with Gasteiger partial charge in [0.05, 0.1) is 12.2 Å². The number of unbranched alkanes of at least 4 members (excludes halogenated alkanes) is 2. The molecule has 0 aliphatic heterocycles. The molecule has 0 radical (unpaired) electrons. The number of hydrogen-bond donors (Lipinski definition) is 0. The second-order valence-corrected chi connectivity index (χ2v) is 4.87. The Labute approximate surface area is 98.1 Å². The normalized spacial score (nSPS) is 15.9. The second-order valence-electron chi connectivity index (χ2n) is 3.70. The molecular formula is C11H22Cl2O. The quantitative estimate of drug-likeness (QED) is 0.447. The summed E-state index contributed by atoms with van der Waals surface area (Å²) in [5.74, 6) is 0. The number of ether oxygens (including phenoxy) is 1. The van der Waals surface area contributed by atoms with E-state index in [2.05, 4.69) is 13.8 Å². The zero-order chi connectivity index (χ0) is 11.0. The van der Waals surface area contributed by atoms with Crippen molar-refractivity contribution >= 4 is 23.2 Å². The van der Waals surface area contributed by atoms with Crippen molar-refractivity contribution in [2.75, 3.05) is 0 Å². The maximum atomic E-state index is 5.74. The first-order valence-electron chi connectivity index (χ1n) is 5.55. The molecule has 14 heavy (non-hydrogen) atoms. The Morgan fingerprint density at radius 3 is 2.21 bits per heavy atom. The van der Waals surface area contributed by atoms with Crippen LogP contribution in [0.2, 0.25) is 0 Å². The van der Waals surface area contributed by atoms with Crippen LogP contribution in [0, 0.1) is 0 Å². The minimum Gasteiger partial charge on any atom is -0.372 e. The van der Waals surface area contributed by atoms with Crippen molar-refractivity contribution in [2.45, 2.75) is 69.9 Å². The van der Waals surface area contributed by atoms with Crippen LogP contribution in [0.5, 0.6) is 0 Å². The van der Waals surface area contributed by atoms with Gasteiger partial charge in [-0.2, -0.15) is 0 Å². The van der Waals surface area contributed by atoms with Gasteiger partial charge in [-0.25, -0.2) is 0 Å². The molecule has 86 valence electrons. The van der Waals surface area contributed by atoms with Crippen molar-refractivity contribution in [1.82, 2.24) is 0 Å². The third-order valence-electron chi connectivity index (χ3n) is 2.35. The molecule has 0 aromatic carbocycles. The average Bonchev–Trinajstić information content (AvgIpc) is 2.16. The van der Waals surface area contributed by atoms with Crippen molar-refractivity contribution in [3.63, 3.8) is 0 Å². The summed E-state index contributed by atoms with van der Waals surface area (Å²) < 4.78 is 5.74. The lowest BCUT2D eigenvalue weighted by atomic mass is 10.1. The minimum absolute atomic E-state index is 0.0649. The van der Waals surface area contributed by atoms with E-state index in [-0.39, 0.29) is 6.10 Å². The van der Waals surface area contributed by atoms with Gasteiger partial charge < -0.3 is 4.74 Å². The fraction of sp³-hybridized carbons (Fsp3) is 1.00. The SMILES string of the molecule is CCCCCC(CC)OC(C)C(Cl)Cl. The van der Waals surface area contributed by atoms with Crippen LogP contribution in [-0.2, 0) is 4.74 Å². The van der Waals surface area contributed by atoms with Crippen LogP contribution in [0.3, 0.4) is 0 Å². The maximum absolute atomic E-state index is 5.74. The smallest absolute Gasteiger partial charge is 0.133 e. The monoisotopic (exact) mass is 240 g/mol. The van der Waals surface area contributed by atoms with Gasteiger partial charge in [0.15, 0.2) is 0 Å². The van der Waals surface area contributed by atoms with E-state index in [9.17, 15) is 0 Å². The van der Waals surface area contributed by atoms with Crippen molar-refractivity contribution in [3.05, 3.63) is 0 Å². The van der Waals surface area contributed by atoms with Crippen LogP contribution in [0.25, 0.3) is 0 Å². The molecule has 2 atom stereocenters. The van der Waals surface area contributed by atoms with E-state index >= 15 is 0 Å². The molecule has 2 unspecified atom stereocenters. The van der Waals surface area contributed by atoms with Gasteiger partial charge >= 0.3 is 0 Å². The first-order valence-corrected chi connectivity index (χ1v) is 6.42. The van der Waals surface area contributed by atoms with Crippen LogP contribution in [0.15, 0.2) is 0 Å². The minimum atomic E-state index is -0.421. The molecular weight excluding hydrogens is 219 g/mol. The predicted octanol–water partition coefficient (Wildman–Crippen LogP) is 4.55. The summed E-state index contributed by atoms with van der Waals surface area (Å²) in [6, 6.07) is 0. The molecule has 0 spiro atoms. The Balaban J connectivity index is 3.67. The first-order chi connectivity index (χ1) is 6.61. The highest BCUT2D eigenvalue weighted by molar-refractivity contribution is 6.44. The average molecular weight is 241 g/mol. The van der Waals surface area contributed by atoms with Crippen LogP contribution in [-0.4, -0.2) is 17.0 Å². The molecule has 0 N–H and O–H groups in total. The first kappa shape index (κ1) is 14.5. The van der Waals surface area contributed by atoms with Crippen LogP contribution < -0.4 is 0 Å². The van der Waals surface area contributed by atoms with E-state index in [0.717, 1.165) is 12.8 Å². The van der Waals surface area contributed by atoms with Crippen molar-refractivity contribution in [3.8, 4) is 0 Å². The highest BCUT2D eigenvalue weighted by Gasteiger charge is 2.16. The zero-order valence-electron chi connectivity index (χ0n) is 9.43. The van der Waals surface area contributed by atoms with Gasteiger partial charge in [0.25, 0.3) is 0 Å². The Kier molecular flexibility index (Phi) is 9.16. The van der Waals surface area contributed by atoms with Gasteiger partial charge in [0, 0.05) is 0 Å². The molecule has 0 bridgehead atoms. The molecule has 0 aliphatic carbocycles. The highest BCUT2D eigenvalue weighted by Crippen LogP contribution is 2.17. The van der Waals surface area contributed by atoms with E-state index in [1.54, 1.807) is 0 Å². The Morgan fingerprint density at radius 2 is 1.79 bits per heavy atom. The molecule has 3 heteroatoms.